The topological polar surface area (TPSA) is 9.23 Å². The molecule has 0 amide bonds. The molecular weight excluding hydrogens is 342 g/mol. The van der Waals surface area contributed by atoms with Crippen LogP contribution in [0.25, 0.3) is 0 Å². The standard InChI is InChI=1S/C24H34F2O/c1-3-5-17-6-8-18(9-7-17)19-10-12-20(13-11-19)21-15-22(25)24(23(26)16-21)27-14-4-2/h4,15-20H,2-3,5-14H2,1H3/t17-,18-,19-,20-. The van der Waals surface area contributed by atoms with E-state index < -0.39 is 11.6 Å². The summed E-state index contributed by atoms with van der Waals surface area (Å²) in [6.07, 6.45) is 14.3. The van der Waals surface area contributed by atoms with E-state index in [1.165, 1.54) is 69.6 Å². The minimum atomic E-state index is -0.594. The number of hydrogen-bond donors (Lipinski definition) is 0. The van der Waals surface area contributed by atoms with E-state index in [0.29, 0.717) is 0 Å². The molecule has 0 radical (unpaired) electrons. The van der Waals surface area contributed by atoms with Crippen molar-refractivity contribution < 1.29 is 13.5 Å². The average Bonchev–Trinajstić information content (AvgIpc) is 2.68. The minimum absolute atomic E-state index is 0.110. The van der Waals surface area contributed by atoms with Crippen LogP contribution in [0.5, 0.6) is 5.75 Å². The fourth-order valence-electron chi connectivity index (χ4n) is 5.38. The molecule has 0 N–H and O–H groups in total. The van der Waals surface area contributed by atoms with Gasteiger partial charge in [0.1, 0.15) is 6.61 Å². The molecule has 3 heteroatoms. The molecule has 150 valence electrons. The summed E-state index contributed by atoms with van der Waals surface area (Å²) in [5.74, 6) is 1.45. The van der Waals surface area contributed by atoms with Crippen LogP contribution in [-0.4, -0.2) is 6.61 Å². The van der Waals surface area contributed by atoms with Crippen molar-refractivity contribution in [3.8, 4) is 5.75 Å². The number of hydrogen-bond acceptors (Lipinski definition) is 1. The summed E-state index contributed by atoms with van der Waals surface area (Å²) in [5, 5.41) is 0. The highest BCUT2D eigenvalue weighted by Gasteiger charge is 2.31. The summed E-state index contributed by atoms with van der Waals surface area (Å²) in [4.78, 5) is 0. The van der Waals surface area contributed by atoms with Crippen molar-refractivity contribution in [1.82, 2.24) is 0 Å². The third-order valence-corrected chi connectivity index (χ3v) is 6.86. The van der Waals surface area contributed by atoms with Gasteiger partial charge in [0, 0.05) is 0 Å². The Hall–Kier alpha value is -1.38. The van der Waals surface area contributed by atoms with E-state index in [4.69, 9.17) is 4.74 Å². The highest BCUT2D eigenvalue weighted by molar-refractivity contribution is 5.33. The van der Waals surface area contributed by atoms with Gasteiger partial charge < -0.3 is 4.74 Å². The first-order chi connectivity index (χ1) is 13.1. The minimum Gasteiger partial charge on any atom is -0.483 e. The highest BCUT2D eigenvalue weighted by Crippen LogP contribution is 2.45. The Bertz CT molecular complexity index is 588. The van der Waals surface area contributed by atoms with E-state index in [1.807, 2.05) is 0 Å². The normalized spacial score (nSPS) is 28.7. The van der Waals surface area contributed by atoms with Crippen LogP contribution >= 0.6 is 0 Å². The zero-order chi connectivity index (χ0) is 19.2. The molecule has 0 heterocycles. The van der Waals surface area contributed by atoms with Crippen LogP contribution in [0.1, 0.15) is 82.6 Å². The molecule has 2 aliphatic carbocycles. The summed E-state index contributed by atoms with van der Waals surface area (Å²) >= 11 is 0. The molecule has 0 aliphatic heterocycles. The Morgan fingerprint density at radius 1 is 0.963 bits per heavy atom. The fraction of sp³-hybridized carbons (Fsp3) is 0.667. The molecule has 0 bridgehead atoms. The van der Waals surface area contributed by atoms with Gasteiger partial charge in [0.05, 0.1) is 0 Å². The quantitative estimate of drug-likeness (QED) is 0.450. The summed E-state index contributed by atoms with van der Waals surface area (Å²) < 4.78 is 33.6. The summed E-state index contributed by atoms with van der Waals surface area (Å²) in [6.45, 7) is 5.91. The lowest BCUT2D eigenvalue weighted by Gasteiger charge is -2.38. The Balaban J connectivity index is 1.54. The van der Waals surface area contributed by atoms with Crippen molar-refractivity contribution in [1.29, 1.82) is 0 Å². The first-order valence-electron chi connectivity index (χ1n) is 10.8. The molecule has 27 heavy (non-hydrogen) atoms. The number of halogens is 2. The number of ether oxygens (including phenoxy) is 1. The number of rotatable bonds is 7. The maximum Gasteiger partial charge on any atom is 0.191 e. The van der Waals surface area contributed by atoms with E-state index in [9.17, 15) is 8.78 Å². The molecule has 0 spiro atoms. The summed E-state index contributed by atoms with van der Waals surface area (Å²) in [5.41, 5.74) is 0.793. The molecule has 0 unspecified atom stereocenters. The lowest BCUT2D eigenvalue weighted by atomic mass is 9.68. The van der Waals surface area contributed by atoms with Crippen LogP contribution in [-0.2, 0) is 0 Å². The summed E-state index contributed by atoms with van der Waals surface area (Å²) in [6, 6.07) is 2.95. The van der Waals surface area contributed by atoms with Crippen LogP contribution < -0.4 is 4.74 Å². The zero-order valence-corrected chi connectivity index (χ0v) is 16.7. The summed E-state index contributed by atoms with van der Waals surface area (Å²) in [7, 11) is 0. The van der Waals surface area contributed by atoms with Gasteiger partial charge in [0.15, 0.2) is 17.4 Å². The van der Waals surface area contributed by atoms with Crippen molar-refractivity contribution in [3.05, 3.63) is 42.0 Å². The first kappa shape index (κ1) is 20.4. The SMILES string of the molecule is C=CCOc1c(F)cc([C@H]2CC[C@H]([C@H]3CC[C@H](CCC)CC3)CC2)cc1F. The maximum atomic E-state index is 14.3. The second-order valence-corrected chi connectivity index (χ2v) is 8.59. The Labute approximate surface area is 163 Å². The molecular formula is C24H34F2O. The van der Waals surface area contributed by atoms with E-state index >= 15 is 0 Å². The smallest absolute Gasteiger partial charge is 0.191 e. The van der Waals surface area contributed by atoms with Crippen molar-refractivity contribution in [2.24, 2.45) is 17.8 Å². The van der Waals surface area contributed by atoms with Crippen molar-refractivity contribution >= 4 is 0 Å². The molecule has 1 nitrogen and oxygen atoms in total. The van der Waals surface area contributed by atoms with Crippen molar-refractivity contribution in [2.45, 2.75) is 77.0 Å². The molecule has 0 saturated heterocycles. The molecule has 1 aromatic rings. The van der Waals surface area contributed by atoms with E-state index in [0.717, 1.165) is 36.2 Å². The third kappa shape index (κ3) is 5.12. The van der Waals surface area contributed by atoms with E-state index in [1.54, 1.807) is 0 Å². The van der Waals surface area contributed by atoms with Crippen LogP contribution in [0.2, 0.25) is 0 Å². The van der Waals surface area contributed by atoms with Crippen LogP contribution in [0.3, 0.4) is 0 Å². The van der Waals surface area contributed by atoms with Gasteiger partial charge in [0.25, 0.3) is 0 Å². The average molecular weight is 377 g/mol. The van der Waals surface area contributed by atoms with Gasteiger partial charge in [-0.05, 0) is 79.9 Å². The second-order valence-electron chi connectivity index (χ2n) is 8.59. The van der Waals surface area contributed by atoms with Gasteiger partial charge in [0.2, 0.25) is 0 Å². The molecule has 0 atom stereocenters. The van der Waals surface area contributed by atoms with Crippen molar-refractivity contribution in [3.63, 3.8) is 0 Å². The predicted octanol–water partition coefficient (Wildman–Crippen LogP) is 7.41. The van der Waals surface area contributed by atoms with Gasteiger partial charge >= 0.3 is 0 Å². The monoisotopic (exact) mass is 376 g/mol. The van der Waals surface area contributed by atoms with Crippen LogP contribution in [0, 0.1) is 29.4 Å². The van der Waals surface area contributed by atoms with Gasteiger partial charge in [-0.3, -0.25) is 0 Å². The van der Waals surface area contributed by atoms with E-state index in [2.05, 4.69) is 13.5 Å². The Morgan fingerprint density at radius 3 is 2.04 bits per heavy atom. The third-order valence-electron chi connectivity index (χ3n) is 6.86. The second kappa shape index (κ2) is 9.71. The fourth-order valence-corrected chi connectivity index (χ4v) is 5.38. The Morgan fingerprint density at radius 2 is 1.52 bits per heavy atom. The lowest BCUT2D eigenvalue weighted by molar-refractivity contribution is 0.156. The molecule has 2 saturated carbocycles. The van der Waals surface area contributed by atoms with Crippen LogP contribution in [0.4, 0.5) is 8.78 Å². The maximum absolute atomic E-state index is 14.3. The molecule has 2 aliphatic rings. The highest BCUT2D eigenvalue weighted by atomic mass is 19.1. The molecule has 0 aromatic heterocycles. The Kier molecular flexibility index (Phi) is 7.32. The number of benzene rings is 1. The van der Waals surface area contributed by atoms with Gasteiger partial charge in [-0.25, -0.2) is 8.78 Å². The molecule has 1 aromatic carbocycles. The predicted molar refractivity (Wildman–Crippen MR) is 107 cm³/mol. The first-order valence-corrected chi connectivity index (χ1v) is 10.8. The zero-order valence-electron chi connectivity index (χ0n) is 16.7. The lowest BCUT2D eigenvalue weighted by Crippen LogP contribution is -2.25. The van der Waals surface area contributed by atoms with Gasteiger partial charge in [-0.15, -0.1) is 0 Å². The van der Waals surface area contributed by atoms with Crippen molar-refractivity contribution in [2.75, 3.05) is 6.61 Å². The molecule has 3 rings (SSSR count). The molecule has 2 fully saturated rings. The largest absolute Gasteiger partial charge is 0.483 e. The van der Waals surface area contributed by atoms with Crippen LogP contribution in [0.15, 0.2) is 24.8 Å². The van der Waals surface area contributed by atoms with Gasteiger partial charge in [-0.2, -0.15) is 0 Å². The van der Waals surface area contributed by atoms with Gasteiger partial charge in [-0.1, -0.05) is 45.3 Å². The van der Waals surface area contributed by atoms with E-state index in [-0.39, 0.29) is 18.3 Å².